The van der Waals surface area contributed by atoms with E-state index in [9.17, 15) is 14.7 Å². The van der Waals surface area contributed by atoms with Crippen molar-refractivity contribution in [3.8, 4) is 0 Å². The van der Waals surface area contributed by atoms with Crippen molar-refractivity contribution in [3.63, 3.8) is 0 Å². The monoisotopic (exact) mass is 402 g/mol. The fraction of sp³-hybridized carbons (Fsp3) is 0.667. The van der Waals surface area contributed by atoms with Crippen molar-refractivity contribution >= 4 is 11.6 Å². The van der Waals surface area contributed by atoms with Crippen LogP contribution in [0.5, 0.6) is 0 Å². The Kier molecular flexibility index (Phi) is 4.60. The lowest BCUT2D eigenvalue weighted by Gasteiger charge is -2.61. The first-order chi connectivity index (χ1) is 13.6. The number of alkyl halides is 1. The fourth-order valence-corrected chi connectivity index (χ4v) is 7.33. The molecule has 0 radical (unpaired) electrons. The Hall–Kier alpha value is -1.59. The number of fused-ring (bicyclic) bond motifs is 5. The molecule has 3 fully saturated rings. The lowest BCUT2D eigenvalue weighted by molar-refractivity contribution is -0.175. The normalized spacial score (nSPS) is 48.4. The Balaban J connectivity index is 1.80. The van der Waals surface area contributed by atoms with Gasteiger partial charge >= 0.3 is 0 Å². The Morgan fingerprint density at radius 3 is 2.79 bits per heavy atom. The largest absolute Gasteiger partial charge is 0.381 e. The van der Waals surface area contributed by atoms with Crippen LogP contribution in [0.2, 0.25) is 0 Å². The summed E-state index contributed by atoms with van der Waals surface area (Å²) >= 11 is 0. The number of ether oxygens (including phenoxy) is 1. The summed E-state index contributed by atoms with van der Waals surface area (Å²) in [6.45, 7) is 7.63. The predicted octanol–water partition coefficient (Wildman–Crippen LogP) is 3.75. The Morgan fingerprint density at radius 2 is 2.14 bits per heavy atom. The number of ketones is 2. The first-order valence-electron chi connectivity index (χ1n) is 10.6. The molecule has 0 amide bonds. The highest BCUT2D eigenvalue weighted by Gasteiger charge is 2.73. The van der Waals surface area contributed by atoms with Crippen molar-refractivity contribution in [1.82, 2.24) is 0 Å². The summed E-state index contributed by atoms with van der Waals surface area (Å²) in [5, 5.41) is 11.7. The van der Waals surface area contributed by atoms with Gasteiger partial charge in [-0.25, -0.2) is 4.39 Å². The molecule has 0 aromatic carbocycles. The van der Waals surface area contributed by atoms with Crippen molar-refractivity contribution in [2.75, 3.05) is 13.7 Å². The van der Waals surface area contributed by atoms with E-state index in [4.69, 9.17) is 4.74 Å². The summed E-state index contributed by atoms with van der Waals surface area (Å²) in [4.78, 5) is 24.9. The number of carbonyl (C=O) groups excluding carboxylic acids is 2. The topological polar surface area (TPSA) is 63.6 Å². The Bertz CT molecular complexity index is 831. The molecule has 0 spiro atoms. The van der Waals surface area contributed by atoms with Crippen molar-refractivity contribution in [1.29, 1.82) is 0 Å². The molecule has 5 heteroatoms. The van der Waals surface area contributed by atoms with Gasteiger partial charge in [0.2, 0.25) is 0 Å². The lowest BCUT2D eigenvalue weighted by atomic mass is 9.45. The van der Waals surface area contributed by atoms with E-state index in [1.807, 2.05) is 13.8 Å². The van der Waals surface area contributed by atoms with Crippen LogP contribution in [0, 0.1) is 28.6 Å². The molecule has 3 saturated carbocycles. The molecule has 1 N–H and O–H groups in total. The van der Waals surface area contributed by atoms with E-state index in [1.165, 1.54) is 13.2 Å². The van der Waals surface area contributed by atoms with E-state index in [1.54, 1.807) is 18.2 Å². The number of hydrogen-bond acceptors (Lipinski definition) is 4. The molecule has 158 valence electrons. The third-order valence-electron chi connectivity index (χ3n) is 8.89. The third kappa shape index (κ3) is 2.32. The fourth-order valence-electron chi connectivity index (χ4n) is 7.33. The van der Waals surface area contributed by atoms with E-state index in [-0.39, 0.29) is 42.3 Å². The van der Waals surface area contributed by atoms with Gasteiger partial charge in [-0.2, -0.15) is 0 Å². The zero-order chi connectivity index (χ0) is 21.2. The maximum Gasteiger partial charge on any atom is 0.191 e. The number of halogens is 1. The number of hydrogen-bond donors (Lipinski definition) is 1. The minimum Gasteiger partial charge on any atom is -0.381 e. The number of rotatable bonds is 4. The summed E-state index contributed by atoms with van der Waals surface area (Å²) in [5.41, 5.74) is -3.91. The smallest absolute Gasteiger partial charge is 0.191 e. The van der Waals surface area contributed by atoms with Crippen LogP contribution in [-0.2, 0) is 14.3 Å². The maximum absolute atomic E-state index is 16.9. The number of aliphatic hydroxyl groups is 1. The standard InChI is InChI=1S/C24H31FO4/c1-5-22-10-11-23(25)18(7-6-16-13-17(26)8-9-21(16,23)3)19(22)12-15(2)24(22,28)20(27)14-29-4/h5,8-9,13,15,18-19,28H,1,6-7,10-12,14H2,2-4H3/t15-,18-,19-,21-,22-,23+,24-/m0/s1. The van der Waals surface area contributed by atoms with Gasteiger partial charge in [-0.05, 0) is 68.9 Å². The van der Waals surface area contributed by atoms with Crippen LogP contribution in [0.3, 0.4) is 0 Å². The molecular weight excluding hydrogens is 371 g/mol. The highest BCUT2D eigenvalue weighted by atomic mass is 19.1. The molecular formula is C24H31FO4. The van der Waals surface area contributed by atoms with Crippen LogP contribution in [0.25, 0.3) is 0 Å². The molecule has 4 aliphatic carbocycles. The van der Waals surface area contributed by atoms with Crippen LogP contribution in [-0.4, -0.2) is 41.7 Å². The minimum absolute atomic E-state index is 0.0789. The first kappa shape index (κ1) is 20.7. The van der Waals surface area contributed by atoms with Crippen molar-refractivity contribution in [2.45, 2.75) is 57.2 Å². The molecule has 0 unspecified atom stereocenters. The second-order valence-corrected chi connectivity index (χ2v) is 9.73. The maximum atomic E-state index is 16.9. The van der Waals surface area contributed by atoms with Crippen LogP contribution in [0.1, 0.15) is 46.0 Å². The zero-order valence-corrected chi connectivity index (χ0v) is 17.5. The van der Waals surface area contributed by atoms with E-state index in [0.29, 0.717) is 25.7 Å². The number of methoxy groups -OCH3 is 1. The van der Waals surface area contributed by atoms with E-state index in [0.717, 1.165) is 5.57 Å². The van der Waals surface area contributed by atoms with Gasteiger partial charge in [-0.15, -0.1) is 6.58 Å². The van der Waals surface area contributed by atoms with Gasteiger partial charge < -0.3 is 9.84 Å². The minimum atomic E-state index is -1.59. The highest BCUT2D eigenvalue weighted by Crippen LogP contribution is 2.71. The molecule has 4 rings (SSSR count). The molecule has 29 heavy (non-hydrogen) atoms. The van der Waals surface area contributed by atoms with Crippen LogP contribution in [0.15, 0.2) is 36.5 Å². The van der Waals surface area contributed by atoms with Crippen LogP contribution in [0.4, 0.5) is 4.39 Å². The molecule has 0 bridgehead atoms. The summed E-state index contributed by atoms with van der Waals surface area (Å²) in [6.07, 6.45) is 8.98. The van der Waals surface area contributed by atoms with Gasteiger partial charge in [0.15, 0.2) is 11.6 Å². The molecule has 4 aliphatic rings. The van der Waals surface area contributed by atoms with Gasteiger partial charge in [-0.3, -0.25) is 9.59 Å². The molecule has 0 saturated heterocycles. The van der Waals surface area contributed by atoms with Gasteiger partial charge in [0.25, 0.3) is 0 Å². The average Bonchev–Trinajstić information content (AvgIpc) is 2.92. The van der Waals surface area contributed by atoms with Gasteiger partial charge in [0, 0.05) is 17.9 Å². The Morgan fingerprint density at radius 1 is 1.41 bits per heavy atom. The third-order valence-corrected chi connectivity index (χ3v) is 8.89. The second kappa shape index (κ2) is 6.45. The number of carbonyl (C=O) groups is 2. The highest BCUT2D eigenvalue weighted by molar-refractivity contribution is 6.01. The SMILES string of the molecule is C=C[C@]12CC[C@@]3(F)[C@@H](CCC4=CC(=O)C=C[C@@]43C)[C@@H]1C[C@H](C)[C@]2(O)C(=O)COC. The van der Waals surface area contributed by atoms with E-state index < -0.39 is 22.1 Å². The number of Topliss-reactive ketones (excluding diaryl/α,β-unsaturated/α-hetero) is 1. The quantitative estimate of drug-likeness (QED) is 0.728. The average molecular weight is 403 g/mol. The van der Waals surface area contributed by atoms with E-state index >= 15 is 4.39 Å². The second-order valence-electron chi connectivity index (χ2n) is 9.73. The lowest BCUT2D eigenvalue weighted by Crippen LogP contribution is -2.64. The molecule has 0 aliphatic heterocycles. The molecule has 0 heterocycles. The summed E-state index contributed by atoms with van der Waals surface area (Å²) < 4.78 is 22.0. The predicted molar refractivity (Wildman–Crippen MR) is 108 cm³/mol. The summed E-state index contributed by atoms with van der Waals surface area (Å²) in [5.74, 6) is -1.20. The zero-order valence-electron chi connectivity index (χ0n) is 17.5. The van der Waals surface area contributed by atoms with Crippen molar-refractivity contribution in [3.05, 3.63) is 36.5 Å². The molecule has 0 aromatic rings. The number of allylic oxidation sites excluding steroid dienone is 4. The first-order valence-corrected chi connectivity index (χ1v) is 10.6. The van der Waals surface area contributed by atoms with Crippen LogP contribution < -0.4 is 0 Å². The van der Waals surface area contributed by atoms with Gasteiger partial charge in [0.05, 0.1) is 0 Å². The molecule has 0 aromatic heterocycles. The summed E-state index contributed by atoms with van der Waals surface area (Å²) in [7, 11) is 1.44. The molecule has 4 nitrogen and oxygen atoms in total. The van der Waals surface area contributed by atoms with E-state index in [2.05, 4.69) is 6.58 Å². The van der Waals surface area contributed by atoms with Gasteiger partial charge in [0.1, 0.15) is 17.9 Å². The molecule has 7 atom stereocenters. The van der Waals surface area contributed by atoms with Gasteiger partial charge in [-0.1, -0.05) is 24.6 Å². The Labute approximate surface area is 171 Å². The van der Waals surface area contributed by atoms with Crippen molar-refractivity contribution in [2.24, 2.45) is 28.6 Å². The summed E-state index contributed by atoms with van der Waals surface area (Å²) in [6, 6.07) is 0. The van der Waals surface area contributed by atoms with Crippen molar-refractivity contribution < 1.29 is 23.8 Å². The van der Waals surface area contributed by atoms with Crippen LogP contribution >= 0.6 is 0 Å².